The van der Waals surface area contributed by atoms with Crippen LogP contribution < -0.4 is 15.5 Å². The number of amides is 1. The van der Waals surface area contributed by atoms with Crippen molar-refractivity contribution in [1.29, 1.82) is 0 Å². The summed E-state index contributed by atoms with van der Waals surface area (Å²) < 4.78 is 0. The highest BCUT2D eigenvalue weighted by molar-refractivity contribution is 6.03. The number of unbranched alkanes of at least 4 members (excludes halogenated alkanes) is 2. The topological polar surface area (TPSA) is 70.2 Å². The van der Waals surface area contributed by atoms with Gasteiger partial charge < -0.3 is 15.5 Å². The van der Waals surface area contributed by atoms with Gasteiger partial charge in [0.2, 0.25) is 0 Å². The number of aromatic nitrogens is 2. The van der Waals surface area contributed by atoms with Gasteiger partial charge in [-0.05, 0) is 51.5 Å². The van der Waals surface area contributed by atoms with Crippen molar-refractivity contribution in [2.75, 3.05) is 35.2 Å². The maximum Gasteiger partial charge on any atom is 0.274 e. The second-order valence-electron chi connectivity index (χ2n) is 6.49. The number of carbonyl (C=O) groups is 1. The summed E-state index contributed by atoms with van der Waals surface area (Å²) in [5.41, 5.74) is 2.27. The first-order valence-corrected chi connectivity index (χ1v) is 9.83. The van der Waals surface area contributed by atoms with Crippen LogP contribution in [0.3, 0.4) is 0 Å². The summed E-state index contributed by atoms with van der Waals surface area (Å²) in [6.45, 7) is 11.0. The monoisotopic (exact) mass is 369 g/mol. The first-order valence-electron chi connectivity index (χ1n) is 9.83. The van der Waals surface area contributed by atoms with Gasteiger partial charge in [-0.2, -0.15) is 0 Å². The van der Waals surface area contributed by atoms with Gasteiger partial charge in [-0.25, -0.2) is 9.97 Å². The van der Waals surface area contributed by atoms with Crippen molar-refractivity contribution in [2.24, 2.45) is 0 Å². The summed E-state index contributed by atoms with van der Waals surface area (Å²) in [5.74, 6) is 1.05. The molecule has 6 nitrogen and oxygen atoms in total. The summed E-state index contributed by atoms with van der Waals surface area (Å²) in [4.78, 5) is 23.5. The van der Waals surface area contributed by atoms with E-state index in [1.165, 1.54) is 12.8 Å². The standard InChI is InChI=1S/C21H31N5O/c1-5-8-9-14-22-20-15-19(23-16(4)24-20)21(27)25-17-10-12-18(13-11-17)26(6-2)7-3/h10-13,15H,5-9,14H2,1-4H3,(H,25,27)(H,22,23,24). The van der Waals surface area contributed by atoms with Crippen LogP contribution in [0.2, 0.25) is 0 Å². The number of rotatable bonds is 10. The van der Waals surface area contributed by atoms with Crippen LogP contribution in [0.15, 0.2) is 30.3 Å². The van der Waals surface area contributed by atoms with Gasteiger partial charge in [0.05, 0.1) is 0 Å². The van der Waals surface area contributed by atoms with Crippen LogP contribution in [-0.2, 0) is 0 Å². The van der Waals surface area contributed by atoms with E-state index in [1.54, 1.807) is 13.0 Å². The van der Waals surface area contributed by atoms with E-state index in [2.05, 4.69) is 46.3 Å². The normalized spacial score (nSPS) is 10.5. The van der Waals surface area contributed by atoms with Gasteiger partial charge in [-0.15, -0.1) is 0 Å². The number of benzene rings is 1. The van der Waals surface area contributed by atoms with Crippen molar-refractivity contribution in [1.82, 2.24) is 9.97 Å². The van der Waals surface area contributed by atoms with Gasteiger partial charge in [0.25, 0.3) is 5.91 Å². The number of aryl methyl sites for hydroxylation is 1. The fourth-order valence-electron chi connectivity index (χ4n) is 2.91. The first-order chi connectivity index (χ1) is 13.1. The second kappa shape index (κ2) is 10.5. The third-order valence-corrected chi connectivity index (χ3v) is 4.41. The van der Waals surface area contributed by atoms with Gasteiger partial charge >= 0.3 is 0 Å². The van der Waals surface area contributed by atoms with Gasteiger partial charge in [0.15, 0.2) is 0 Å². The number of hydrogen-bond acceptors (Lipinski definition) is 5. The van der Waals surface area contributed by atoms with Gasteiger partial charge in [-0.1, -0.05) is 19.8 Å². The highest BCUT2D eigenvalue weighted by atomic mass is 16.1. The lowest BCUT2D eigenvalue weighted by molar-refractivity contribution is 0.102. The largest absolute Gasteiger partial charge is 0.372 e. The smallest absolute Gasteiger partial charge is 0.274 e. The van der Waals surface area contributed by atoms with E-state index in [0.717, 1.165) is 37.4 Å². The lowest BCUT2D eigenvalue weighted by Crippen LogP contribution is -2.21. The summed E-state index contributed by atoms with van der Waals surface area (Å²) in [6, 6.07) is 9.59. The number of nitrogens with zero attached hydrogens (tertiary/aromatic N) is 3. The lowest BCUT2D eigenvalue weighted by Gasteiger charge is -2.21. The molecule has 0 aliphatic heterocycles. The summed E-state index contributed by atoms with van der Waals surface area (Å²) in [7, 11) is 0. The molecule has 1 aromatic carbocycles. The molecule has 0 bridgehead atoms. The van der Waals surface area contributed by atoms with Crippen LogP contribution in [0.4, 0.5) is 17.2 Å². The molecule has 6 heteroatoms. The number of carbonyl (C=O) groups excluding carboxylic acids is 1. The Morgan fingerprint density at radius 3 is 2.37 bits per heavy atom. The van der Waals surface area contributed by atoms with Gasteiger partial charge in [0, 0.05) is 37.1 Å². The molecule has 2 N–H and O–H groups in total. The van der Waals surface area contributed by atoms with Crippen LogP contribution in [0.25, 0.3) is 0 Å². The van der Waals surface area contributed by atoms with Crippen molar-refractivity contribution in [3.05, 3.63) is 41.9 Å². The summed E-state index contributed by atoms with van der Waals surface area (Å²) in [5, 5.41) is 6.19. The molecule has 1 heterocycles. The molecule has 0 radical (unpaired) electrons. The zero-order valence-electron chi connectivity index (χ0n) is 16.9. The van der Waals surface area contributed by atoms with Crippen molar-refractivity contribution in [3.63, 3.8) is 0 Å². The molecule has 2 rings (SSSR count). The van der Waals surface area contributed by atoms with Crippen LogP contribution >= 0.6 is 0 Å². The van der Waals surface area contributed by atoms with E-state index in [4.69, 9.17) is 0 Å². The zero-order chi connectivity index (χ0) is 19.6. The van der Waals surface area contributed by atoms with Crippen molar-refractivity contribution in [2.45, 2.75) is 47.0 Å². The molecule has 0 saturated heterocycles. The van der Waals surface area contributed by atoms with E-state index < -0.39 is 0 Å². The van der Waals surface area contributed by atoms with Crippen LogP contribution in [0.5, 0.6) is 0 Å². The second-order valence-corrected chi connectivity index (χ2v) is 6.49. The molecule has 0 aliphatic rings. The Hall–Kier alpha value is -2.63. The summed E-state index contributed by atoms with van der Waals surface area (Å²) >= 11 is 0. The SMILES string of the molecule is CCCCCNc1cc(C(=O)Nc2ccc(N(CC)CC)cc2)nc(C)n1. The zero-order valence-corrected chi connectivity index (χ0v) is 16.9. The molecule has 0 fully saturated rings. The van der Waals surface area contributed by atoms with E-state index in [1.807, 2.05) is 24.3 Å². The molecule has 0 saturated carbocycles. The minimum atomic E-state index is -0.229. The third-order valence-electron chi connectivity index (χ3n) is 4.41. The van der Waals surface area contributed by atoms with Crippen molar-refractivity contribution >= 4 is 23.1 Å². The number of hydrogen-bond donors (Lipinski definition) is 2. The Labute approximate surface area is 162 Å². The Morgan fingerprint density at radius 2 is 1.74 bits per heavy atom. The molecule has 0 aliphatic carbocycles. The average molecular weight is 370 g/mol. The first kappa shape index (κ1) is 20.7. The Bertz CT molecular complexity index is 726. The van der Waals surface area contributed by atoms with Gasteiger partial charge in [0.1, 0.15) is 17.3 Å². The molecule has 1 amide bonds. The third kappa shape index (κ3) is 6.24. The molecule has 27 heavy (non-hydrogen) atoms. The minimum Gasteiger partial charge on any atom is -0.372 e. The molecular formula is C21H31N5O. The quantitative estimate of drug-likeness (QED) is 0.604. The lowest BCUT2D eigenvalue weighted by atomic mass is 10.2. The molecule has 1 aromatic heterocycles. The highest BCUT2D eigenvalue weighted by Gasteiger charge is 2.11. The van der Waals surface area contributed by atoms with E-state index >= 15 is 0 Å². The Kier molecular flexibility index (Phi) is 8.04. The molecular weight excluding hydrogens is 338 g/mol. The molecule has 2 aromatic rings. The Morgan fingerprint density at radius 1 is 1.04 bits per heavy atom. The highest BCUT2D eigenvalue weighted by Crippen LogP contribution is 2.18. The Balaban J connectivity index is 2.03. The fourth-order valence-corrected chi connectivity index (χ4v) is 2.91. The molecule has 0 unspecified atom stereocenters. The maximum absolute atomic E-state index is 12.6. The van der Waals surface area contributed by atoms with Crippen molar-refractivity contribution in [3.8, 4) is 0 Å². The van der Waals surface area contributed by atoms with E-state index in [-0.39, 0.29) is 5.91 Å². The van der Waals surface area contributed by atoms with Gasteiger partial charge in [-0.3, -0.25) is 4.79 Å². The number of anilines is 3. The predicted molar refractivity (Wildman–Crippen MR) is 113 cm³/mol. The van der Waals surface area contributed by atoms with E-state index in [0.29, 0.717) is 17.3 Å². The molecule has 146 valence electrons. The van der Waals surface area contributed by atoms with E-state index in [9.17, 15) is 4.79 Å². The predicted octanol–water partition coefficient (Wildman–Crippen LogP) is 4.49. The van der Waals surface area contributed by atoms with Crippen LogP contribution in [0, 0.1) is 6.92 Å². The fraction of sp³-hybridized carbons (Fsp3) is 0.476. The molecule has 0 spiro atoms. The maximum atomic E-state index is 12.6. The molecule has 0 atom stereocenters. The van der Waals surface area contributed by atoms with Crippen molar-refractivity contribution < 1.29 is 4.79 Å². The number of nitrogens with one attached hydrogen (secondary N) is 2. The van der Waals surface area contributed by atoms with Crippen LogP contribution in [0.1, 0.15) is 56.3 Å². The average Bonchev–Trinajstić information content (AvgIpc) is 2.67. The summed E-state index contributed by atoms with van der Waals surface area (Å²) in [6.07, 6.45) is 3.43. The minimum absolute atomic E-state index is 0.229. The van der Waals surface area contributed by atoms with Crippen LogP contribution in [-0.4, -0.2) is 35.5 Å².